The van der Waals surface area contributed by atoms with E-state index < -0.39 is 23.6 Å². The lowest BCUT2D eigenvalue weighted by Crippen LogP contribution is -2.43. The zero-order valence-electron chi connectivity index (χ0n) is 14.1. The molecule has 1 saturated carbocycles. The molecule has 0 aromatic heterocycles. The Morgan fingerprint density at radius 1 is 1.24 bits per heavy atom. The predicted octanol–water partition coefficient (Wildman–Crippen LogP) is 3.46. The molecule has 1 radical (unpaired) electrons. The fraction of sp³-hybridized carbons (Fsp3) is 0.500. The molecule has 3 N–H and O–H groups in total. The molecule has 1 aromatic carbocycles. The molecular formula is C18H24F2N3O2. The number of carbonyl (C=O) groups is 2. The van der Waals surface area contributed by atoms with Gasteiger partial charge >= 0.3 is 6.03 Å². The molecule has 5 nitrogen and oxygen atoms in total. The van der Waals surface area contributed by atoms with Crippen molar-refractivity contribution in [2.24, 2.45) is 11.7 Å². The van der Waals surface area contributed by atoms with Gasteiger partial charge in [-0.2, -0.15) is 0 Å². The molecule has 0 saturated heterocycles. The van der Waals surface area contributed by atoms with Crippen molar-refractivity contribution >= 4 is 17.6 Å². The highest BCUT2D eigenvalue weighted by atomic mass is 19.1. The molecule has 7 heteroatoms. The van der Waals surface area contributed by atoms with E-state index in [1.165, 1.54) is 25.7 Å². The Balaban J connectivity index is 1.81. The lowest BCUT2D eigenvalue weighted by atomic mass is 9.86. The zero-order valence-corrected chi connectivity index (χ0v) is 14.1. The first-order valence-electron chi connectivity index (χ1n) is 8.60. The lowest BCUT2D eigenvalue weighted by molar-refractivity contribution is -0.124. The molecule has 0 atom stereocenters. The summed E-state index contributed by atoms with van der Waals surface area (Å²) in [6.07, 6.45) is 7.92. The van der Waals surface area contributed by atoms with Crippen LogP contribution in [0.25, 0.3) is 0 Å². The van der Waals surface area contributed by atoms with Crippen LogP contribution in [0.2, 0.25) is 0 Å². The quantitative estimate of drug-likeness (QED) is 0.789. The Labute approximate surface area is 146 Å². The lowest BCUT2D eigenvalue weighted by Gasteiger charge is -2.23. The van der Waals surface area contributed by atoms with Crippen LogP contribution in [0.15, 0.2) is 18.2 Å². The van der Waals surface area contributed by atoms with E-state index >= 15 is 0 Å². The summed E-state index contributed by atoms with van der Waals surface area (Å²) in [4.78, 5) is 24.6. The van der Waals surface area contributed by atoms with Crippen molar-refractivity contribution in [1.29, 1.82) is 0 Å². The SMILES string of the molecule is NC(=O)N(CCNc1cc(F)ccc1F)C(=O)[CH]CC1CCCCC1. The minimum atomic E-state index is -0.855. The molecule has 1 aromatic rings. The van der Waals surface area contributed by atoms with Gasteiger partial charge in [0, 0.05) is 13.1 Å². The fourth-order valence-corrected chi connectivity index (χ4v) is 3.06. The number of primary amides is 1. The molecule has 0 aliphatic heterocycles. The van der Waals surface area contributed by atoms with Gasteiger partial charge < -0.3 is 11.1 Å². The molecule has 2 rings (SSSR count). The fourth-order valence-electron chi connectivity index (χ4n) is 3.06. The third-order valence-electron chi connectivity index (χ3n) is 4.46. The number of halogens is 2. The van der Waals surface area contributed by atoms with E-state index in [0.29, 0.717) is 12.3 Å². The average molecular weight is 352 g/mol. The Morgan fingerprint density at radius 2 is 1.96 bits per heavy atom. The highest BCUT2D eigenvalue weighted by Crippen LogP contribution is 2.27. The number of nitrogens with zero attached hydrogens (tertiary/aromatic N) is 1. The third-order valence-corrected chi connectivity index (χ3v) is 4.46. The maximum Gasteiger partial charge on any atom is 0.321 e. The normalized spacial score (nSPS) is 15.0. The van der Waals surface area contributed by atoms with Gasteiger partial charge in [0.2, 0.25) is 5.91 Å². The molecule has 1 fully saturated rings. The largest absolute Gasteiger partial charge is 0.381 e. The van der Waals surface area contributed by atoms with Crippen LogP contribution >= 0.6 is 0 Å². The number of urea groups is 1. The van der Waals surface area contributed by atoms with E-state index in [4.69, 9.17) is 5.73 Å². The Bertz CT molecular complexity index is 604. The highest BCUT2D eigenvalue weighted by molar-refractivity contribution is 5.98. The molecule has 0 spiro atoms. The van der Waals surface area contributed by atoms with Crippen LogP contribution in [0.3, 0.4) is 0 Å². The van der Waals surface area contributed by atoms with Crippen molar-refractivity contribution in [3.8, 4) is 0 Å². The molecular weight excluding hydrogens is 328 g/mol. The molecule has 137 valence electrons. The van der Waals surface area contributed by atoms with Gasteiger partial charge in [-0.15, -0.1) is 0 Å². The summed E-state index contributed by atoms with van der Waals surface area (Å²) < 4.78 is 26.6. The van der Waals surface area contributed by atoms with Crippen LogP contribution in [0, 0.1) is 24.0 Å². The maximum atomic E-state index is 13.5. The van der Waals surface area contributed by atoms with Crippen molar-refractivity contribution < 1.29 is 18.4 Å². The number of hydrogen-bond acceptors (Lipinski definition) is 3. The van der Waals surface area contributed by atoms with E-state index in [2.05, 4.69) is 5.32 Å². The van der Waals surface area contributed by atoms with E-state index in [9.17, 15) is 18.4 Å². The topological polar surface area (TPSA) is 75.4 Å². The van der Waals surface area contributed by atoms with Crippen LogP contribution in [-0.2, 0) is 4.79 Å². The van der Waals surface area contributed by atoms with Gasteiger partial charge in [-0.3, -0.25) is 9.69 Å². The van der Waals surface area contributed by atoms with Gasteiger partial charge in [0.1, 0.15) is 11.6 Å². The molecule has 0 bridgehead atoms. The first-order chi connectivity index (χ1) is 12.0. The zero-order chi connectivity index (χ0) is 18.2. The smallest absolute Gasteiger partial charge is 0.321 e. The Morgan fingerprint density at radius 3 is 2.64 bits per heavy atom. The monoisotopic (exact) mass is 352 g/mol. The summed E-state index contributed by atoms with van der Waals surface area (Å²) in [5.41, 5.74) is 5.24. The van der Waals surface area contributed by atoms with Gasteiger partial charge in [-0.05, 0) is 30.5 Å². The van der Waals surface area contributed by atoms with Crippen LogP contribution in [0.5, 0.6) is 0 Å². The number of hydrogen-bond donors (Lipinski definition) is 2. The molecule has 0 unspecified atom stereocenters. The van der Waals surface area contributed by atoms with Crippen LogP contribution in [0.1, 0.15) is 38.5 Å². The summed E-state index contributed by atoms with van der Waals surface area (Å²) >= 11 is 0. The van der Waals surface area contributed by atoms with E-state index in [1.807, 2.05) is 0 Å². The summed E-state index contributed by atoms with van der Waals surface area (Å²) in [5.74, 6) is -1.15. The van der Waals surface area contributed by atoms with Crippen LogP contribution < -0.4 is 11.1 Å². The second-order valence-electron chi connectivity index (χ2n) is 6.32. The molecule has 1 aliphatic carbocycles. The summed E-state index contributed by atoms with van der Waals surface area (Å²) in [7, 11) is 0. The number of amides is 3. The van der Waals surface area contributed by atoms with Gasteiger partial charge in [-0.25, -0.2) is 13.6 Å². The number of imide groups is 1. The number of carbonyl (C=O) groups excluding carboxylic acids is 2. The number of benzene rings is 1. The van der Waals surface area contributed by atoms with Crippen molar-refractivity contribution in [2.75, 3.05) is 18.4 Å². The third kappa shape index (κ3) is 5.99. The molecule has 3 amide bonds. The minimum absolute atomic E-state index is 0.0225. The van der Waals surface area contributed by atoms with Crippen molar-refractivity contribution in [1.82, 2.24) is 4.90 Å². The minimum Gasteiger partial charge on any atom is -0.381 e. The first-order valence-corrected chi connectivity index (χ1v) is 8.60. The van der Waals surface area contributed by atoms with E-state index in [0.717, 1.165) is 35.9 Å². The summed E-state index contributed by atoms with van der Waals surface area (Å²) in [5, 5.41) is 2.67. The average Bonchev–Trinajstić information content (AvgIpc) is 2.60. The van der Waals surface area contributed by atoms with E-state index in [1.54, 1.807) is 0 Å². The Hall–Kier alpha value is -2.18. The standard InChI is InChI=1S/C18H24F2N3O2/c19-14-7-8-15(20)16(12-14)22-10-11-23(18(21)25)17(24)9-6-13-4-2-1-3-5-13/h7-9,12-13,22H,1-6,10-11H2,(H2,21,25). The highest BCUT2D eigenvalue weighted by Gasteiger charge is 2.21. The van der Waals surface area contributed by atoms with Gasteiger partial charge in [0.15, 0.2) is 0 Å². The number of nitrogens with one attached hydrogen (secondary N) is 1. The summed E-state index contributed by atoms with van der Waals surface area (Å²) in [6, 6.07) is 2.18. The number of anilines is 1. The second-order valence-corrected chi connectivity index (χ2v) is 6.32. The van der Waals surface area contributed by atoms with Crippen molar-refractivity contribution in [3.63, 3.8) is 0 Å². The summed E-state index contributed by atoms with van der Waals surface area (Å²) in [6.45, 7) is 0.0532. The number of nitrogens with two attached hydrogens (primary N) is 1. The predicted molar refractivity (Wildman–Crippen MR) is 91.6 cm³/mol. The first kappa shape index (κ1) is 19.1. The molecule has 0 heterocycles. The van der Waals surface area contributed by atoms with Crippen molar-refractivity contribution in [2.45, 2.75) is 38.5 Å². The van der Waals surface area contributed by atoms with Gasteiger partial charge in [0.05, 0.1) is 12.1 Å². The molecule has 1 aliphatic rings. The van der Waals surface area contributed by atoms with E-state index in [-0.39, 0.29) is 18.8 Å². The molecule has 25 heavy (non-hydrogen) atoms. The van der Waals surface area contributed by atoms with Crippen LogP contribution in [-0.4, -0.2) is 29.9 Å². The second kappa shape index (κ2) is 9.34. The van der Waals surface area contributed by atoms with Crippen LogP contribution in [0.4, 0.5) is 19.3 Å². The Kier molecular flexibility index (Phi) is 7.16. The maximum absolute atomic E-state index is 13.5. The van der Waals surface area contributed by atoms with Gasteiger partial charge in [0.25, 0.3) is 0 Å². The number of rotatable bonds is 7. The van der Waals surface area contributed by atoms with Gasteiger partial charge in [-0.1, -0.05) is 32.1 Å². The van der Waals surface area contributed by atoms with Crippen molar-refractivity contribution in [3.05, 3.63) is 36.3 Å².